The topological polar surface area (TPSA) is 35.6 Å². The Hall–Kier alpha value is -1.46. The van der Waals surface area contributed by atoms with E-state index >= 15 is 0 Å². The second kappa shape index (κ2) is 4.90. The lowest BCUT2D eigenvalue weighted by molar-refractivity contribution is -0.142. The summed E-state index contributed by atoms with van der Waals surface area (Å²) in [6.07, 6.45) is 0. The maximum atomic E-state index is 13.0. The molecule has 2 aliphatic heterocycles. The van der Waals surface area contributed by atoms with Gasteiger partial charge in [-0.2, -0.15) is 0 Å². The highest BCUT2D eigenvalue weighted by atomic mass is 19.1. The molecule has 102 valence electrons. The van der Waals surface area contributed by atoms with Gasteiger partial charge in [0.2, 0.25) is 5.91 Å². The number of fused-ring (bicyclic) bond motifs is 1. The number of nitrogens with one attached hydrogen (secondary N) is 1. The lowest BCUT2D eigenvalue weighted by Crippen LogP contribution is -2.63. The van der Waals surface area contributed by atoms with Gasteiger partial charge in [0.1, 0.15) is 5.82 Å². The normalized spacial score (nSPS) is 28.3. The zero-order valence-corrected chi connectivity index (χ0v) is 11.0. The largest absolute Gasteiger partial charge is 0.328 e. The summed E-state index contributed by atoms with van der Waals surface area (Å²) in [4.78, 5) is 16.4. The molecular weight excluding hydrogens is 245 g/mol. The number of halogens is 1. The Bertz CT molecular complexity index is 476. The molecule has 0 radical (unpaired) electrons. The van der Waals surface area contributed by atoms with Crippen LogP contribution in [-0.4, -0.2) is 55.0 Å². The van der Waals surface area contributed by atoms with Gasteiger partial charge in [0.15, 0.2) is 0 Å². The average molecular weight is 263 g/mol. The lowest BCUT2D eigenvalue weighted by atomic mass is 9.97. The number of nitrogens with zero attached hydrogens (tertiary/aromatic N) is 2. The van der Waals surface area contributed by atoms with Gasteiger partial charge in [-0.15, -0.1) is 0 Å². The number of hydrogen-bond acceptors (Lipinski definition) is 3. The molecule has 1 amide bonds. The van der Waals surface area contributed by atoms with Crippen molar-refractivity contribution in [3.8, 4) is 0 Å². The number of rotatable bonds is 1. The van der Waals surface area contributed by atoms with Gasteiger partial charge in [0.25, 0.3) is 0 Å². The molecule has 1 aromatic carbocycles. The first-order chi connectivity index (χ1) is 9.15. The zero-order valence-electron chi connectivity index (χ0n) is 11.0. The Morgan fingerprint density at radius 3 is 2.74 bits per heavy atom. The molecule has 4 nitrogen and oxygen atoms in total. The fourth-order valence-corrected chi connectivity index (χ4v) is 3.09. The number of benzene rings is 1. The molecule has 0 bridgehead atoms. The number of likely N-dealkylation sites (N-methyl/N-ethyl adjacent to an activating group) is 1. The van der Waals surface area contributed by atoms with Crippen LogP contribution in [0, 0.1) is 5.82 Å². The molecule has 2 fully saturated rings. The van der Waals surface area contributed by atoms with Gasteiger partial charge in [-0.25, -0.2) is 4.39 Å². The fraction of sp³-hybridized carbons (Fsp3) is 0.500. The minimum absolute atomic E-state index is 0.0268. The molecule has 0 aromatic heterocycles. The first-order valence-electron chi connectivity index (χ1n) is 6.61. The third-order valence-electron chi connectivity index (χ3n) is 3.94. The maximum Gasteiger partial charge on any atom is 0.237 e. The predicted molar refractivity (Wildman–Crippen MR) is 70.1 cm³/mol. The van der Waals surface area contributed by atoms with E-state index in [1.165, 1.54) is 12.1 Å². The van der Waals surface area contributed by atoms with E-state index in [-0.39, 0.29) is 23.8 Å². The van der Waals surface area contributed by atoms with E-state index < -0.39 is 0 Å². The molecule has 2 aliphatic rings. The van der Waals surface area contributed by atoms with Crippen LogP contribution >= 0.6 is 0 Å². The van der Waals surface area contributed by atoms with Gasteiger partial charge in [0, 0.05) is 19.6 Å². The van der Waals surface area contributed by atoms with Gasteiger partial charge in [-0.1, -0.05) is 12.1 Å². The average Bonchev–Trinajstić information content (AvgIpc) is 2.38. The van der Waals surface area contributed by atoms with Crippen molar-refractivity contribution in [2.24, 2.45) is 0 Å². The van der Waals surface area contributed by atoms with Crippen LogP contribution < -0.4 is 5.32 Å². The van der Waals surface area contributed by atoms with Gasteiger partial charge >= 0.3 is 0 Å². The predicted octanol–water partition coefficient (Wildman–Crippen LogP) is 0.613. The van der Waals surface area contributed by atoms with Gasteiger partial charge < -0.3 is 15.1 Å². The van der Waals surface area contributed by atoms with Crippen LogP contribution in [-0.2, 0) is 4.79 Å². The molecule has 2 heterocycles. The molecule has 2 saturated heterocycles. The smallest absolute Gasteiger partial charge is 0.237 e. The molecule has 19 heavy (non-hydrogen) atoms. The molecule has 2 unspecified atom stereocenters. The first-order valence-corrected chi connectivity index (χ1v) is 6.61. The molecular formula is C14H18FN3O. The molecule has 0 aliphatic carbocycles. The fourth-order valence-electron chi connectivity index (χ4n) is 3.09. The summed E-state index contributed by atoms with van der Waals surface area (Å²) in [5.41, 5.74) is 1.01. The van der Waals surface area contributed by atoms with E-state index in [9.17, 15) is 9.18 Å². The van der Waals surface area contributed by atoms with E-state index in [2.05, 4.69) is 17.3 Å². The quantitative estimate of drug-likeness (QED) is 0.806. The molecule has 1 aromatic rings. The first kappa shape index (κ1) is 12.6. The van der Waals surface area contributed by atoms with Gasteiger partial charge in [-0.3, -0.25) is 4.79 Å². The Labute approximate surface area is 112 Å². The van der Waals surface area contributed by atoms with Crippen LogP contribution in [0.5, 0.6) is 0 Å². The van der Waals surface area contributed by atoms with E-state index in [4.69, 9.17) is 0 Å². The van der Waals surface area contributed by atoms with Crippen molar-refractivity contribution in [1.82, 2.24) is 15.1 Å². The monoisotopic (exact) mass is 263 g/mol. The van der Waals surface area contributed by atoms with Gasteiger partial charge in [0.05, 0.1) is 18.6 Å². The Morgan fingerprint density at radius 1 is 1.26 bits per heavy atom. The van der Waals surface area contributed by atoms with E-state index in [0.29, 0.717) is 6.54 Å². The summed E-state index contributed by atoms with van der Waals surface area (Å²) in [6.45, 7) is 2.91. The lowest BCUT2D eigenvalue weighted by Gasteiger charge is -2.48. The van der Waals surface area contributed by atoms with E-state index in [1.807, 2.05) is 4.90 Å². The number of piperazine rings is 2. The summed E-state index contributed by atoms with van der Waals surface area (Å²) in [5, 5.41) is 3.16. The number of carbonyl (C=O) groups excluding carboxylic acids is 1. The van der Waals surface area contributed by atoms with Crippen molar-refractivity contribution in [2.45, 2.75) is 12.1 Å². The molecule has 2 atom stereocenters. The Balaban J connectivity index is 1.92. The van der Waals surface area contributed by atoms with Crippen molar-refractivity contribution in [3.05, 3.63) is 35.6 Å². The Morgan fingerprint density at radius 2 is 2.00 bits per heavy atom. The van der Waals surface area contributed by atoms with E-state index in [0.717, 1.165) is 25.2 Å². The zero-order chi connectivity index (χ0) is 13.4. The molecule has 3 rings (SSSR count). The highest BCUT2D eigenvalue weighted by Gasteiger charge is 2.38. The Kier molecular flexibility index (Phi) is 3.24. The van der Waals surface area contributed by atoms with Crippen LogP contribution in [0.1, 0.15) is 11.6 Å². The highest BCUT2D eigenvalue weighted by Crippen LogP contribution is 2.29. The van der Waals surface area contributed by atoms with Crippen LogP contribution in [0.2, 0.25) is 0 Å². The van der Waals surface area contributed by atoms with Crippen LogP contribution in [0.4, 0.5) is 4.39 Å². The van der Waals surface area contributed by atoms with Crippen molar-refractivity contribution < 1.29 is 9.18 Å². The van der Waals surface area contributed by atoms with Crippen molar-refractivity contribution in [2.75, 3.05) is 33.2 Å². The highest BCUT2D eigenvalue weighted by molar-refractivity contribution is 5.80. The summed E-state index contributed by atoms with van der Waals surface area (Å²) in [6, 6.07) is 6.72. The van der Waals surface area contributed by atoms with Crippen LogP contribution in [0.25, 0.3) is 0 Å². The minimum Gasteiger partial charge on any atom is -0.328 e. The number of carbonyl (C=O) groups is 1. The minimum atomic E-state index is -0.240. The SMILES string of the molecule is CN1CC2CNCC(=O)N2C(c2ccc(F)cc2)C1. The van der Waals surface area contributed by atoms with Crippen molar-refractivity contribution in [1.29, 1.82) is 0 Å². The van der Waals surface area contributed by atoms with Gasteiger partial charge in [-0.05, 0) is 24.7 Å². The van der Waals surface area contributed by atoms with Crippen molar-refractivity contribution in [3.63, 3.8) is 0 Å². The molecule has 0 spiro atoms. The van der Waals surface area contributed by atoms with Crippen LogP contribution in [0.3, 0.4) is 0 Å². The summed E-state index contributed by atoms with van der Waals surface area (Å²) >= 11 is 0. The summed E-state index contributed by atoms with van der Waals surface area (Å²) < 4.78 is 13.0. The number of hydrogen-bond donors (Lipinski definition) is 1. The van der Waals surface area contributed by atoms with E-state index in [1.54, 1.807) is 12.1 Å². The molecule has 1 N–H and O–H groups in total. The summed E-state index contributed by atoms with van der Waals surface area (Å²) in [5.74, 6) is -0.102. The molecule has 0 saturated carbocycles. The number of amides is 1. The van der Waals surface area contributed by atoms with Crippen LogP contribution in [0.15, 0.2) is 24.3 Å². The standard InChI is InChI=1S/C14H18FN3O/c1-17-8-12-6-16-7-14(19)18(12)13(9-17)10-2-4-11(15)5-3-10/h2-5,12-13,16H,6-9H2,1H3. The third-order valence-corrected chi connectivity index (χ3v) is 3.94. The third kappa shape index (κ3) is 2.35. The summed E-state index contributed by atoms with van der Waals surface area (Å²) in [7, 11) is 2.06. The maximum absolute atomic E-state index is 13.0. The second-order valence-corrected chi connectivity index (χ2v) is 5.37. The molecule has 5 heteroatoms. The van der Waals surface area contributed by atoms with Crippen molar-refractivity contribution >= 4 is 5.91 Å². The second-order valence-electron chi connectivity index (χ2n) is 5.37.